The van der Waals surface area contributed by atoms with Crippen LogP contribution in [0, 0.1) is 0 Å². The van der Waals surface area contributed by atoms with Crippen molar-refractivity contribution in [2.75, 3.05) is 11.9 Å². The van der Waals surface area contributed by atoms with Gasteiger partial charge in [-0.05, 0) is 48.9 Å². The SMILES string of the molecule is CCOc1cccc(NC2=C(c3ccc(Cl)cc3)C(=O)N(Cc3ccccn3)C2=O)c1. The Kier molecular flexibility index (Phi) is 6.00. The highest BCUT2D eigenvalue weighted by Gasteiger charge is 2.39. The van der Waals surface area contributed by atoms with Gasteiger partial charge in [0.15, 0.2) is 0 Å². The smallest absolute Gasteiger partial charge is 0.278 e. The monoisotopic (exact) mass is 433 g/mol. The molecule has 31 heavy (non-hydrogen) atoms. The van der Waals surface area contributed by atoms with Crippen molar-refractivity contribution in [1.82, 2.24) is 9.88 Å². The number of amides is 2. The van der Waals surface area contributed by atoms with Crippen molar-refractivity contribution < 1.29 is 14.3 Å². The van der Waals surface area contributed by atoms with Crippen LogP contribution in [-0.2, 0) is 16.1 Å². The van der Waals surface area contributed by atoms with Crippen LogP contribution in [0.5, 0.6) is 5.75 Å². The number of ether oxygens (including phenoxy) is 1. The Morgan fingerprint density at radius 1 is 1.00 bits per heavy atom. The first-order valence-electron chi connectivity index (χ1n) is 9.83. The Morgan fingerprint density at radius 3 is 2.52 bits per heavy atom. The normalized spacial score (nSPS) is 13.7. The number of carbonyl (C=O) groups excluding carboxylic acids is 2. The van der Waals surface area contributed by atoms with Gasteiger partial charge in [0.1, 0.15) is 11.4 Å². The Balaban J connectivity index is 1.72. The van der Waals surface area contributed by atoms with E-state index in [1.807, 2.05) is 31.2 Å². The van der Waals surface area contributed by atoms with Crippen LogP contribution in [0.4, 0.5) is 5.69 Å². The molecular weight excluding hydrogens is 414 g/mol. The van der Waals surface area contributed by atoms with Crippen molar-refractivity contribution in [2.24, 2.45) is 0 Å². The Hall–Kier alpha value is -3.64. The standard InChI is InChI=1S/C24H20ClN3O3/c1-2-31-20-8-5-7-18(14-20)27-22-21(16-9-11-17(25)12-10-16)23(29)28(24(22)30)15-19-6-3-4-13-26-19/h3-14,27H,2,15H2,1H3. The summed E-state index contributed by atoms with van der Waals surface area (Å²) in [7, 11) is 0. The van der Waals surface area contributed by atoms with Gasteiger partial charge in [0.25, 0.3) is 11.8 Å². The predicted octanol–water partition coefficient (Wildman–Crippen LogP) is 4.53. The Bertz CT molecular complexity index is 1140. The van der Waals surface area contributed by atoms with Crippen LogP contribution in [0.3, 0.4) is 0 Å². The average Bonchev–Trinajstić information content (AvgIpc) is 3.00. The number of nitrogens with zero attached hydrogens (tertiary/aromatic N) is 2. The van der Waals surface area contributed by atoms with Crippen molar-refractivity contribution in [3.63, 3.8) is 0 Å². The van der Waals surface area contributed by atoms with Crippen LogP contribution in [0.1, 0.15) is 18.2 Å². The molecular formula is C24H20ClN3O3. The molecule has 0 saturated heterocycles. The molecule has 2 heterocycles. The highest BCUT2D eigenvalue weighted by molar-refractivity contribution is 6.36. The number of nitrogens with one attached hydrogen (secondary N) is 1. The number of hydrogen-bond acceptors (Lipinski definition) is 5. The van der Waals surface area contributed by atoms with Gasteiger partial charge in [-0.25, -0.2) is 0 Å². The highest BCUT2D eigenvalue weighted by atomic mass is 35.5. The number of anilines is 1. The first kappa shape index (κ1) is 20.6. The summed E-state index contributed by atoms with van der Waals surface area (Å²) in [5, 5.41) is 3.68. The minimum absolute atomic E-state index is 0.0831. The van der Waals surface area contributed by atoms with Crippen LogP contribution >= 0.6 is 11.6 Å². The second-order valence-electron chi connectivity index (χ2n) is 6.86. The van der Waals surface area contributed by atoms with Crippen LogP contribution in [-0.4, -0.2) is 28.3 Å². The van der Waals surface area contributed by atoms with Crippen LogP contribution in [0.15, 0.2) is 78.6 Å². The lowest BCUT2D eigenvalue weighted by Gasteiger charge is -2.15. The second-order valence-corrected chi connectivity index (χ2v) is 7.30. The maximum absolute atomic E-state index is 13.3. The minimum atomic E-state index is -0.414. The molecule has 0 unspecified atom stereocenters. The fourth-order valence-electron chi connectivity index (χ4n) is 3.35. The Morgan fingerprint density at radius 2 is 1.81 bits per heavy atom. The molecule has 0 radical (unpaired) electrons. The van der Waals surface area contributed by atoms with Gasteiger partial charge < -0.3 is 10.1 Å². The summed E-state index contributed by atoms with van der Waals surface area (Å²) in [6.07, 6.45) is 1.63. The van der Waals surface area contributed by atoms with Gasteiger partial charge in [-0.15, -0.1) is 0 Å². The van der Waals surface area contributed by atoms with E-state index in [2.05, 4.69) is 10.3 Å². The van der Waals surface area contributed by atoms with E-state index in [1.165, 1.54) is 4.90 Å². The van der Waals surface area contributed by atoms with Crippen LogP contribution in [0.2, 0.25) is 5.02 Å². The molecule has 7 heteroatoms. The molecule has 1 aliphatic rings. The molecule has 0 spiro atoms. The largest absolute Gasteiger partial charge is 0.494 e. The van der Waals surface area contributed by atoms with Crippen molar-refractivity contribution >= 4 is 34.7 Å². The molecule has 0 saturated carbocycles. The lowest BCUT2D eigenvalue weighted by molar-refractivity contribution is -0.137. The predicted molar refractivity (Wildman–Crippen MR) is 119 cm³/mol. The third-order valence-corrected chi connectivity index (χ3v) is 5.01. The number of rotatable bonds is 7. The molecule has 0 bridgehead atoms. The number of imide groups is 1. The van der Waals surface area contributed by atoms with E-state index in [-0.39, 0.29) is 18.1 Å². The van der Waals surface area contributed by atoms with E-state index in [9.17, 15) is 9.59 Å². The van der Waals surface area contributed by atoms with Crippen molar-refractivity contribution in [3.8, 4) is 5.75 Å². The van der Waals surface area contributed by atoms with Gasteiger partial charge in [0, 0.05) is 23.0 Å². The fourth-order valence-corrected chi connectivity index (χ4v) is 3.47. The fraction of sp³-hybridized carbons (Fsp3) is 0.125. The van der Waals surface area contributed by atoms with E-state index < -0.39 is 5.91 Å². The zero-order chi connectivity index (χ0) is 21.8. The van der Waals surface area contributed by atoms with E-state index in [1.54, 1.807) is 48.7 Å². The van der Waals surface area contributed by atoms with E-state index >= 15 is 0 Å². The van der Waals surface area contributed by atoms with Gasteiger partial charge in [-0.1, -0.05) is 35.9 Å². The summed E-state index contributed by atoms with van der Waals surface area (Å²) in [6, 6.07) is 19.5. The van der Waals surface area contributed by atoms with Crippen molar-refractivity contribution in [1.29, 1.82) is 0 Å². The summed E-state index contributed by atoms with van der Waals surface area (Å²) >= 11 is 6.02. The molecule has 0 fully saturated rings. The molecule has 2 amide bonds. The summed E-state index contributed by atoms with van der Waals surface area (Å²) in [4.78, 5) is 32.0. The molecule has 4 rings (SSSR count). The summed E-state index contributed by atoms with van der Waals surface area (Å²) < 4.78 is 5.54. The molecule has 156 valence electrons. The summed E-state index contributed by atoms with van der Waals surface area (Å²) in [5.41, 5.74) is 2.37. The number of aromatic nitrogens is 1. The maximum atomic E-state index is 13.3. The minimum Gasteiger partial charge on any atom is -0.494 e. The van der Waals surface area contributed by atoms with Crippen LogP contribution < -0.4 is 10.1 Å². The van der Waals surface area contributed by atoms with Crippen LogP contribution in [0.25, 0.3) is 5.57 Å². The van der Waals surface area contributed by atoms with E-state index in [4.69, 9.17) is 16.3 Å². The van der Waals surface area contributed by atoms with Gasteiger partial charge in [0.2, 0.25) is 0 Å². The number of benzene rings is 2. The van der Waals surface area contributed by atoms with Gasteiger partial charge in [-0.3, -0.25) is 19.5 Å². The first-order valence-corrected chi connectivity index (χ1v) is 10.2. The quantitative estimate of drug-likeness (QED) is 0.554. The zero-order valence-electron chi connectivity index (χ0n) is 16.8. The number of pyridine rings is 1. The lowest BCUT2D eigenvalue weighted by Crippen LogP contribution is -2.32. The molecule has 1 N–H and O–H groups in total. The Labute approximate surface area is 185 Å². The summed E-state index contributed by atoms with van der Waals surface area (Å²) in [5.74, 6) is -0.132. The van der Waals surface area contributed by atoms with Crippen molar-refractivity contribution in [2.45, 2.75) is 13.5 Å². The third-order valence-electron chi connectivity index (χ3n) is 4.76. The number of halogens is 1. The maximum Gasteiger partial charge on any atom is 0.278 e. The van der Waals surface area contributed by atoms with Gasteiger partial charge in [-0.2, -0.15) is 0 Å². The number of carbonyl (C=O) groups is 2. The number of hydrogen-bond donors (Lipinski definition) is 1. The first-order chi connectivity index (χ1) is 15.1. The van der Waals surface area contributed by atoms with E-state index in [0.29, 0.717) is 39.9 Å². The molecule has 6 nitrogen and oxygen atoms in total. The zero-order valence-corrected chi connectivity index (χ0v) is 17.6. The molecule has 3 aromatic rings. The molecule has 0 aliphatic carbocycles. The average molecular weight is 434 g/mol. The second kappa shape index (κ2) is 9.02. The lowest BCUT2D eigenvalue weighted by atomic mass is 10.0. The molecule has 2 aromatic carbocycles. The third kappa shape index (κ3) is 4.44. The highest BCUT2D eigenvalue weighted by Crippen LogP contribution is 2.32. The van der Waals surface area contributed by atoms with Gasteiger partial charge in [0.05, 0.1) is 24.4 Å². The molecule has 1 aliphatic heterocycles. The van der Waals surface area contributed by atoms with E-state index in [0.717, 1.165) is 0 Å². The molecule has 0 atom stereocenters. The topological polar surface area (TPSA) is 71.5 Å². The van der Waals surface area contributed by atoms with Gasteiger partial charge >= 0.3 is 0 Å². The van der Waals surface area contributed by atoms with Crippen molar-refractivity contribution in [3.05, 3.63) is 94.9 Å². The summed E-state index contributed by atoms with van der Waals surface area (Å²) in [6.45, 7) is 2.51. The molecule has 1 aromatic heterocycles.